The van der Waals surface area contributed by atoms with Crippen LogP contribution in [0.1, 0.15) is 40.5 Å². The summed E-state index contributed by atoms with van der Waals surface area (Å²) in [5.41, 5.74) is 1.02. The summed E-state index contributed by atoms with van der Waals surface area (Å²) in [6, 6.07) is 6.50. The second-order valence-corrected chi connectivity index (χ2v) is 8.92. The van der Waals surface area contributed by atoms with Crippen molar-refractivity contribution in [3.05, 3.63) is 35.4 Å². The van der Waals surface area contributed by atoms with Crippen molar-refractivity contribution >= 4 is 21.7 Å². The lowest BCUT2D eigenvalue weighted by atomic mass is 10.1. The average molecular weight is 380 g/mol. The van der Waals surface area contributed by atoms with Crippen LogP contribution in [0.25, 0.3) is 0 Å². The second-order valence-electron chi connectivity index (χ2n) is 6.71. The van der Waals surface area contributed by atoms with E-state index in [0.717, 1.165) is 0 Å². The van der Waals surface area contributed by atoms with E-state index in [1.165, 1.54) is 11.2 Å². The Morgan fingerprint density at radius 1 is 1.04 bits per heavy atom. The maximum absolute atomic E-state index is 12.9. The van der Waals surface area contributed by atoms with Crippen molar-refractivity contribution in [1.29, 1.82) is 0 Å². The van der Waals surface area contributed by atoms with Crippen LogP contribution in [0.5, 0.6) is 0 Å². The van der Waals surface area contributed by atoms with Gasteiger partial charge in [-0.1, -0.05) is 12.1 Å². The molecule has 1 atom stereocenters. The summed E-state index contributed by atoms with van der Waals surface area (Å²) in [5, 5.41) is -0.574. The monoisotopic (exact) mass is 380 g/mol. The van der Waals surface area contributed by atoms with Gasteiger partial charge >= 0.3 is 0 Å². The van der Waals surface area contributed by atoms with E-state index in [1.54, 1.807) is 29.2 Å². The number of hydrogen-bond donors (Lipinski definition) is 0. The van der Waals surface area contributed by atoms with Gasteiger partial charge in [0.05, 0.1) is 18.5 Å². The number of carbonyl (C=O) groups is 2. The van der Waals surface area contributed by atoms with E-state index in [2.05, 4.69) is 0 Å². The smallest absolute Gasteiger partial charge is 0.253 e. The molecular formula is C18H24N2O5S. The molecule has 142 valence electrons. The lowest BCUT2D eigenvalue weighted by Crippen LogP contribution is -2.51. The normalized spacial score (nSPS) is 22.2. The number of ketones is 1. The first-order valence-electron chi connectivity index (χ1n) is 8.86. The fourth-order valence-corrected chi connectivity index (χ4v) is 5.32. The van der Waals surface area contributed by atoms with E-state index in [4.69, 9.17) is 4.74 Å². The van der Waals surface area contributed by atoms with Crippen molar-refractivity contribution in [2.45, 2.75) is 25.0 Å². The largest absolute Gasteiger partial charge is 0.379 e. The minimum atomic E-state index is -3.44. The summed E-state index contributed by atoms with van der Waals surface area (Å²) >= 11 is 0. The average Bonchev–Trinajstić information content (AvgIpc) is 2.68. The van der Waals surface area contributed by atoms with E-state index < -0.39 is 15.3 Å². The zero-order valence-corrected chi connectivity index (χ0v) is 15.7. The van der Waals surface area contributed by atoms with Gasteiger partial charge in [0.1, 0.15) is 0 Å². The summed E-state index contributed by atoms with van der Waals surface area (Å²) in [6.45, 7) is 3.80. The van der Waals surface area contributed by atoms with E-state index in [-0.39, 0.29) is 18.2 Å². The van der Waals surface area contributed by atoms with Crippen LogP contribution in [0.2, 0.25) is 0 Å². The predicted octanol–water partition coefficient (Wildman–Crippen LogP) is 1.16. The Morgan fingerprint density at radius 3 is 2.27 bits per heavy atom. The Morgan fingerprint density at radius 2 is 1.65 bits per heavy atom. The van der Waals surface area contributed by atoms with Gasteiger partial charge in [-0.05, 0) is 31.9 Å². The molecule has 3 rings (SSSR count). The molecule has 2 saturated heterocycles. The van der Waals surface area contributed by atoms with Crippen LogP contribution in [0.3, 0.4) is 0 Å². The number of likely N-dealkylation sites (tertiary alicyclic amines) is 1. The molecular weight excluding hydrogens is 356 g/mol. The van der Waals surface area contributed by atoms with Crippen molar-refractivity contribution in [1.82, 2.24) is 9.21 Å². The minimum absolute atomic E-state index is 0.0568. The summed E-state index contributed by atoms with van der Waals surface area (Å²) < 4.78 is 32.4. The van der Waals surface area contributed by atoms with Crippen LogP contribution in [0.15, 0.2) is 24.3 Å². The number of piperidine rings is 1. The fourth-order valence-electron chi connectivity index (χ4n) is 3.41. The molecule has 0 saturated carbocycles. The van der Waals surface area contributed by atoms with Crippen LogP contribution < -0.4 is 0 Å². The third kappa shape index (κ3) is 3.97. The molecule has 2 heterocycles. The Hall–Kier alpha value is -1.77. The highest BCUT2D eigenvalue weighted by Crippen LogP contribution is 2.22. The zero-order valence-electron chi connectivity index (χ0n) is 14.9. The number of sulfonamides is 1. The molecule has 1 aromatic carbocycles. The molecule has 0 radical (unpaired) electrons. The van der Waals surface area contributed by atoms with Gasteiger partial charge in [0.25, 0.3) is 5.91 Å². The standard InChI is InChI=1S/C18H24N2O5S/c1-14(21)15-4-6-16(7-5-15)18(22)19-8-2-3-17(13-19)26(23,24)20-9-11-25-12-10-20/h4-7,17H,2-3,8-13H2,1H3. The molecule has 0 aliphatic carbocycles. The Kier molecular flexibility index (Phi) is 5.74. The van der Waals surface area contributed by atoms with E-state index in [0.29, 0.717) is 56.8 Å². The van der Waals surface area contributed by atoms with E-state index in [1.807, 2.05) is 0 Å². The molecule has 0 bridgehead atoms. The van der Waals surface area contributed by atoms with Gasteiger partial charge in [-0.25, -0.2) is 8.42 Å². The molecule has 2 fully saturated rings. The van der Waals surface area contributed by atoms with Gasteiger partial charge in [-0.3, -0.25) is 9.59 Å². The predicted molar refractivity (Wildman–Crippen MR) is 96.7 cm³/mol. The third-order valence-electron chi connectivity index (χ3n) is 4.95. The topological polar surface area (TPSA) is 84.0 Å². The molecule has 0 spiro atoms. The maximum Gasteiger partial charge on any atom is 0.253 e. The molecule has 2 aliphatic rings. The number of carbonyl (C=O) groups excluding carboxylic acids is 2. The number of benzene rings is 1. The molecule has 0 aromatic heterocycles. The van der Waals surface area contributed by atoms with Gasteiger partial charge in [0.15, 0.2) is 5.78 Å². The van der Waals surface area contributed by atoms with Crippen LogP contribution in [0.4, 0.5) is 0 Å². The SMILES string of the molecule is CC(=O)c1ccc(C(=O)N2CCCC(S(=O)(=O)N3CCOCC3)C2)cc1. The van der Waals surface area contributed by atoms with Crippen LogP contribution in [-0.2, 0) is 14.8 Å². The van der Waals surface area contributed by atoms with Gasteiger partial charge < -0.3 is 9.64 Å². The lowest BCUT2D eigenvalue weighted by molar-refractivity contribution is 0.0685. The summed E-state index contributed by atoms with van der Waals surface area (Å²) in [4.78, 5) is 25.7. The van der Waals surface area contributed by atoms with Crippen molar-refractivity contribution in [2.24, 2.45) is 0 Å². The van der Waals surface area contributed by atoms with Gasteiger partial charge in [-0.15, -0.1) is 0 Å². The maximum atomic E-state index is 12.9. The van der Waals surface area contributed by atoms with Crippen molar-refractivity contribution in [3.8, 4) is 0 Å². The van der Waals surface area contributed by atoms with Crippen LogP contribution in [0, 0.1) is 0 Å². The number of nitrogens with zero attached hydrogens (tertiary/aromatic N) is 2. The highest BCUT2D eigenvalue weighted by Gasteiger charge is 2.37. The molecule has 8 heteroatoms. The first-order chi connectivity index (χ1) is 12.4. The van der Waals surface area contributed by atoms with Gasteiger partial charge in [-0.2, -0.15) is 4.31 Å². The Balaban J connectivity index is 1.71. The molecule has 1 aromatic rings. The van der Waals surface area contributed by atoms with Gasteiger partial charge in [0.2, 0.25) is 10.0 Å². The number of amides is 1. The number of ether oxygens (including phenoxy) is 1. The number of hydrogen-bond acceptors (Lipinski definition) is 5. The Bertz CT molecular complexity index is 769. The number of rotatable bonds is 4. The molecule has 2 aliphatic heterocycles. The third-order valence-corrected chi connectivity index (χ3v) is 7.27. The number of morpholine rings is 1. The Labute approximate surface area is 154 Å². The van der Waals surface area contributed by atoms with Crippen LogP contribution in [-0.4, -0.2) is 74.0 Å². The second kappa shape index (κ2) is 7.85. The molecule has 1 amide bonds. The summed E-state index contributed by atoms with van der Waals surface area (Å²) in [6.07, 6.45) is 1.22. The minimum Gasteiger partial charge on any atom is -0.379 e. The molecule has 1 unspecified atom stereocenters. The quantitative estimate of drug-likeness (QED) is 0.732. The zero-order chi connectivity index (χ0) is 18.7. The van der Waals surface area contributed by atoms with E-state index >= 15 is 0 Å². The molecule has 26 heavy (non-hydrogen) atoms. The first-order valence-corrected chi connectivity index (χ1v) is 10.4. The first kappa shape index (κ1) is 19.0. The summed E-state index contributed by atoms with van der Waals surface area (Å²) in [7, 11) is -3.44. The van der Waals surface area contributed by atoms with Crippen molar-refractivity contribution < 1.29 is 22.7 Å². The van der Waals surface area contributed by atoms with Gasteiger partial charge in [0, 0.05) is 37.3 Å². The highest BCUT2D eigenvalue weighted by atomic mass is 32.2. The molecule has 7 nitrogen and oxygen atoms in total. The highest BCUT2D eigenvalue weighted by molar-refractivity contribution is 7.89. The van der Waals surface area contributed by atoms with E-state index in [9.17, 15) is 18.0 Å². The summed E-state index contributed by atoms with van der Waals surface area (Å²) in [5.74, 6) is -0.249. The molecule has 0 N–H and O–H groups in total. The fraction of sp³-hybridized carbons (Fsp3) is 0.556. The van der Waals surface area contributed by atoms with Crippen molar-refractivity contribution in [2.75, 3.05) is 39.4 Å². The number of Topliss-reactive ketones (excluding diaryl/α,β-unsaturated/α-hetero) is 1. The van der Waals surface area contributed by atoms with Crippen LogP contribution >= 0.6 is 0 Å². The lowest BCUT2D eigenvalue weighted by Gasteiger charge is -2.36. The van der Waals surface area contributed by atoms with Crippen molar-refractivity contribution in [3.63, 3.8) is 0 Å².